The fourth-order valence-corrected chi connectivity index (χ4v) is 2.68. The second-order valence-electron chi connectivity index (χ2n) is 4.26. The van der Waals surface area contributed by atoms with Gasteiger partial charge in [-0.3, -0.25) is 4.79 Å². The van der Waals surface area contributed by atoms with E-state index in [4.69, 9.17) is 3.63 Å². The molecule has 0 saturated carbocycles. The highest BCUT2D eigenvalue weighted by atomic mass is 32.2. The molecule has 5 heteroatoms. The second-order valence-corrected chi connectivity index (χ2v) is 5.85. The summed E-state index contributed by atoms with van der Waals surface area (Å²) in [4.78, 5) is 9.59. The van der Waals surface area contributed by atoms with Gasteiger partial charge in [0.05, 0.1) is 7.11 Å². The fraction of sp³-hybridized carbons (Fsp3) is 0.235. The third-order valence-corrected chi connectivity index (χ3v) is 4.19. The third-order valence-electron chi connectivity index (χ3n) is 2.52. The number of carbonyl (C=O) groups excluding carboxylic acids is 1. The van der Waals surface area contributed by atoms with Gasteiger partial charge in [-0.25, -0.2) is 3.63 Å². The molecule has 0 aromatic heterocycles. The van der Waals surface area contributed by atoms with Gasteiger partial charge in [0.1, 0.15) is 0 Å². The molecule has 0 N–H and O–H groups in total. The van der Waals surface area contributed by atoms with Crippen molar-refractivity contribution in [3.63, 3.8) is 0 Å². The number of ether oxygens (including phenoxy) is 1. The summed E-state index contributed by atoms with van der Waals surface area (Å²) in [6.45, 7) is 1.36. The lowest BCUT2D eigenvalue weighted by Crippen LogP contribution is -1.88. The molecule has 0 radical (unpaired) electrons. The molecule has 0 atom stereocenters. The van der Waals surface area contributed by atoms with Crippen LogP contribution in [0.3, 0.4) is 0 Å². The molecule has 0 aliphatic carbocycles. The van der Waals surface area contributed by atoms with Crippen LogP contribution in [-0.4, -0.2) is 13.1 Å². The minimum Gasteiger partial charge on any atom is -0.469 e. The Labute approximate surface area is 140 Å². The number of rotatable bonds is 6. The molecule has 0 aliphatic heterocycles. The SMILES string of the molecule is COC(C)=O.c1ccc(CSOSCc2ccccc2)cc1. The molecule has 0 fully saturated rings. The van der Waals surface area contributed by atoms with Crippen LogP contribution in [0.1, 0.15) is 18.1 Å². The van der Waals surface area contributed by atoms with Crippen molar-refractivity contribution in [3.8, 4) is 0 Å². The zero-order valence-corrected chi connectivity index (χ0v) is 14.4. The van der Waals surface area contributed by atoms with E-state index in [1.54, 1.807) is 0 Å². The zero-order valence-electron chi connectivity index (χ0n) is 12.7. The summed E-state index contributed by atoms with van der Waals surface area (Å²) in [5.41, 5.74) is 2.58. The van der Waals surface area contributed by atoms with E-state index in [9.17, 15) is 4.79 Å². The van der Waals surface area contributed by atoms with Crippen molar-refractivity contribution in [2.75, 3.05) is 7.11 Å². The zero-order chi connectivity index (χ0) is 16.0. The highest BCUT2D eigenvalue weighted by Gasteiger charge is 1.95. The van der Waals surface area contributed by atoms with Gasteiger partial charge in [0.15, 0.2) is 0 Å². The van der Waals surface area contributed by atoms with Gasteiger partial charge in [0, 0.05) is 42.5 Å². The minimum absolute atomic E-state index is 0.245. The van der Waals surface area contributed by atoms with Crippen molar-refractivity contribution in [1.29, 1.82) is 0 Å². The molecule has 2 aromatic carbocycles. The molecule has 118 valence electrons. The Morgan fingerprint density at radius 1 is 0.864 bits per heavy atom. The molecule has 2 aromatic rings. The standard InChI is InChI=1S/C14H14OS2.C3H6O2/c1-3-7-13(8-4-1)11-16-15-17-12-14-9-5-2-6-10-14;1-3(4)5-2/h1-10H,11-12H2;1-2H3. The van der Waals surface area contributed by atoms with E-state index in [0.717, 1.165) is 11.5 Å². The number of hydrogen-bond donors (Lipinski definition) is 0. The van der Waals surface area contributed by atoms with Gasteiger partial charge >= 0.3 is 5.97 Å². The fourth-order valence-electron chi connectivity index (χ4n) is 1.37. The molecule has 0 amide bonds. The summed E-state index contributed by atoms with van der Waals surface area (Å²) in [6, 6.07) is 20.7. The van der Waals surface area contributed by atoms with Crippen molar-refractivity contribution < 1.29 is 13.2 Å². The topological polar surface area (TPSA) is 35.5 Å². The maximum absolute atomic E-state index is 9.59. The van der Waals surface area contributed by atoms with Crippen LogP contribution in [0.2, 0.25) is 0 Å². The van der Waals surface area contributed by atoms with Gasteiger partial charge < -0.3 is 4.74 Å². The van der Waals surface area contributed by atoms with Crippen LogP contribution in [-0.2, 0) is 24.7 Å². The number of benzene rings is 2. The molecule has 3 nitrogen and oxygen atoms in total. The van der Waals surface area contributed by atoms with Crippen LogP contribution < -0.4 is 0 Å². The van der Waals surface area contributed by atoms with Crippen LogP contribution in [0.5, 0.6) is 0 Å². The van der Waals surface area contributed by atoms with E-state index >= 15 is 0 Å². The van der Waals surface area contributed by atoms with Gasteiger partial charge in [-0.1, -0.05) is 60.7 Å². The Morgan fingerprint density at radius 2 is 1.23 bits per heavy atom. The van der Waals surface area contributed by atoms with E-state index in [2.05, 4.69) is 29.0 Å². The Hall–Kier alpha value is -1.43. The molecule has 22 heavy (non-hydrogen) atoms. The summed E-state index contributed by atoms with van der Waals surface area (Å²) in [6.07, 6.45) is 0. The average Bonchev–Trinajstić information content (AvgIpc) is 2.57. The monoisotopic (exact) mass is 336 g/mol. The Kier molecular flexibility index (Phi) is 10.3. The van der Waals surface area contributed by atoms with Crippen molar-refractivity contribution in [2.24, 2.45) is 0 Å². The highest BCUT2D eigenvalue weighted by Crippen LogP contribution is 2.22. The quantitative estimate of drug-likeness (QED) is 0.427. The molecule has 0 heterocycles. The van der Waals surface area contributed by atoms with Crippen molar-refractivity contribution >= 4 is 30.1 Å². The molecular weight excluding hydrogens is 316 g/mol. The largest absolute Gasteiger partial charge is 0.469 e. The van der Waals surface area contributed by atoms with E-state index in [-0.39, 0.29) is 5.97 Å². The Bertz CT molecular complexity index is 476. The first-order chi connectivity index (χ1) is 10.7. The molecule has 0 bridgehead atoms. The summed E-state index contributed by atoms with van der Waals surface area (Å²) in [7, 11) is 1.35. The first-order valence-corrected chi connectivity index (χ1v) is 8.58. The van der Waals surface area contributed by atoms with Crippen LogP contribution in [0.25, 0.3) is 0 Å². The molecule has 0 unspecified atom stereocenters. The van der Waals surface area contributed by atoms with E-state index in [1.807, 2.05) is 36.4 Å². The van der Waals surface area contributed by atoms with Crippen LogP contribution in [0.4, 0.5) is 0 Å². The van der Waals surface area contributed by atoms with Crippen molar-refractivity contribution in [1.82, 2.24) is 0 Å². The van der Waals surface area contributed by atoms with Crippen LogP contribution in [0.15, 0.2) is 60.7 Å². The predicted octanol–water partition coefficient (Wildman–Crippen LogP) is 4.88. The van der Waals surface area contributed by atoms with Crippen LogP contribution >= 0.6 is 24.1 Å². The third kappa shape index (κ3) is 9.50. The smallest absolute Gasteiger partial charge is 0.302 e. The van der Waals surface area contributed by atoms with E-state index < -0.39 is 0 Å². The molecule has 2 rings (SSSR count). The predicted molar refractivity (Wildman–Crippen MR) is 94.2 cm³/mol. The molecule has 0 aliphatic rings. The van der Waals surface area contributed by atoms with E-state index in [0.29, 0.717) is 0 Å². The normalized spacial score (nSPS) is 9.55. The Morgan fingerprint density at radius 3 is 1.55 bits per heavy atom. The first-order valence-electron chi connectivity index (χ1n) is 6.76. The van der Waals surface area contributed by atoms with Gasteiger partial charge in [0.2, 0.25) is 0 Å². The van der Waals surface area contributed by atoms with Gasteiger partial charge in [0.25, 0.3) is 0 Å². The van der Waals surface area contributed by atoms with Crippen LogP contribution in [0, 0.1) is 0 Å². The highest BCUT2D eigenvalue weighted by molar-refractivity contribution is 8.07. The Balaban J connectivity index is 0.000000422. The average molecular weight is 336 g/mol. The van der Waals surface area contributed by atoms with Gasteiger partial charge in [-0.05, 0) is 11.1 Å². The number of carbonyl (C=O) groups is 1. The lowest BCUT2D eigenvalue weighted by Gasteiger charge is -2.02. The molecular formula is C17H20O3S2. The summed E-state index contributed by atoms with van der Waals surface area (Å²) in [5.74, 6) is 1.54. The maximum Gasteiger partial charge on any atom is 0.302 e. The van der Waals surface area contributed by atoms with E-state index in [1.165, 1.54) is 49.2 Å². The summed E-state index contributed by atoms with van der Waals surface area (Å²) in [5, 5.41) is 0. The lowest BCUT2D eigenvalue weighted by atomic mass is 10.2. The number of hydrogen-bond acceptors (Lipinski definition) is 5. The van der Waals surface area contributed by atoms with Crippen molar-refractivity contribution in [3.05, 3.63) is 71.8 Å². The molecule has 0 saturated heterocycles. The number of esters is 1. The lowest BCUT2D eigenvalue weighted by molar-refractivity contribution is -0.137. The van der Waals surface area contributed by atoms with Crippen molar-refractivity contribution in [2.45, 2.75) is 18.4 Å². The van der Waals surface area contributed by atoms with Gasteiger partial charge in [-0.2, -0.15) is 0 Å². The van der Waals surface area contributed by atoms with Gasteiger partial charge in [-0.15, -0.1) is 0 Å². The first kappa shape index (κ1) is 18.6. The second kappa shape index (κ2) is 12.1. The minimum atomic E-state index is -0.245. The summed E-state index contributed by atoms with van der Waals surface area (Å²) >= 11 is 2.98. The molecule has 0 spiro atoms. The maximum atomic E-state index is 9.59. The number of methoxy groups -OCH3 is 1. The summed E-state index contributed by atoms with van der Waals surface area (Å²) < 4.78 is 9.59.